The van der Waals surface area contributed by atoms with E-state index in [1.807, 2.05) is 0 Å². The van der Waals surface area contributed by atoms with Gasteiger partial charge in [0.1, 0.15) is 0 Å². The van der Waals surface area contributed by atoms with Crippen LogP contribution in [0.25, 0.3) is 5.57 Å². The summed E-state index contributed by atoms with van der Waals surface area (Å²) in [7, 11) is 0. The lowest BCUT2D eigenvalue weighted by atomic mass is 9.97. The number of rotatable bonds is 0. The van der Waals surface area contributed by atoms with Gasteiger partial charge in [-0.15, -0.1) is 0 Å². The molecule has 0 spiro atoms. The standard InChI is InChI=1S/C13H14/c1-9-5-6-11-8-7-10-3-2-4-12(10)13(9)11/h5,7-8H,2-4,6H2,1H3. The van der Waals surface area contributed by atoms with Gasteiger partial charge in [0.2, 0.25) is 0 Å². The van der Waals surface area contributed by atoms with Crippen molar-refractivity contribution >= 4 is 5.57 Å². The smallest absolute Gasteiger partial charge is 0.00854 e. The van der Waals surface area contributed by atoms with Crippen molar-refractivity contribution in [3.8, 4) is 0 Å². The van der Waals surface area contributed by atoms with Crippen LogP contribution in [0, 0.1) is 0 Å². The number of fused-ring (bicyclic) bond motifs is 3. The fourth-order valence-corrected chi connectivity index (χ4v) is 2.74. The third-order valence-corrected chi connectivity index (χ3v) is 3.39. The predicted octanol–water partition coefficient (Wildman–Crippen LogP) is 3.13. The van der Waals surface area contributed by atoms with Gasteiger partial charge in [0.25, 0.3) is 0 Å². The van der Waals surface area contributed by atoms with E-state index in [0.29, 0.717) is 0 Å². The molecule has 0 heterocycles. The molecule has 0 heteroatoms. The van der Waals surface area contributed by atoms with Crippen LogP contribution in [-0.2, 0) is 19.3 Å². The zero-order valence-electron chi connectivity index (χ0n) is 8.06. The largest absolute Gasteiger partial charge is 0.0766 e. The molecule has 0 aliphatic heterocycles. The molecule has 2 aliphatic rings. The molecule has 0 bridgehead atoms. The summed E-state index contributed by atoms with van der Waals surface area (Å²) < 4.78 is 0. The normalized spacial score (nSPS) is 18.4. The fourth-order valence-electron chi connectivity index (χ4n) is 2.74. The van der Waals surface area contributed by atoms with Gasteiger partial charge in [-0.25, -0.2) is 0 Å². The number of allylic oxidation sites excluding steroid dienone is 2. The molecular weight excluding hydrogens is 156 g/mol. The first-order valence-electron chi connectivity index (χ1n) is 5.17. The van der Waals surface area contributed by atoms with E-state index in [1.165, 1.54) is 24.8 Å². The average molecular weight is 170 g/mol. The van der Waals surface area contributed by atoms with Crippen LogP contribution in [0.3, 0.4) is 0 Å². The van der Waals surface area contributed by atoms with Gasteiger partial charge in [0, 0.05) is 0 Å². The van der Waals surface area contributed by atoms with Crippen LogP contribution in [0.15, 0.2) is 18.2 Å². The molecule has 0 atom stereocenters. The monoisotopic (exact) mass is 170 g/mol. The third kappa shape index (κ3) is 0.918. The van der Waals surface area contributed by atoms with E-state index in [2.05, 4.69) is 25.1 Å². The summed E-state index contributed by atoms with van der Waals surface area (Å²) in [6, 6.07) is 4.67. The van der Waals surface area contributed by atoms with Crippen molar-refractivity contribution in [2.45, 2.75) is 32.6 Å². The van der Waals surface area contributed by atoms with Crippen molar-refractivity contribution in [2.75, 3.05) is 0 Å². The molecular formula is C13H14. The molecule has 0 nitrogen and oxygen atoms in total. The van der Waals surface area contributed by atoms with Crippen molar-refractivity contribution in [2.24, 2.45) is 0 Å². The van der Waals surface area contributed by atoms with E-state index in [-0.39, 0.29) is 0 Å². The van der Waals surface area contributed by atoms with Crippen LogP contribution >= 0.6 is 0 Å². The Bertz CT molecular complexity index is 397. The van der Waals surface area contributed by atoms with Crippen molar-refractivity contribution in [3.63, 3.8) is 0 Å². The minimum absolute atomic E-state index is 1.16. The lowest BCUT2D eigenvalue weighted by Gasteiger charge is -2.08. The molecule has 3 rings (SSSR count). The lowest BCUT2D eigenvalue weighted by Crippen LogP contribution is -1.92. The van der Waals surface area contributed by atoms with E-state index < -0.39 is 0 Å². The Kier molecular flexibility index (Phi) is 1.40. The molecule has 0 amide bonds. The molecule has 2 aliphatic carbocycles. The zero-order valence-corrected chi connectivity index (χ0v) is 8.06. The number of hydrogen-bond acceptors (Lipinski definition) is 0. The van der Waals surface area contributed by atoms with Gasteiger partial charge in [0.05, 0.1) is 0 Å². The highest BCUT2D eigenvalue weighted by Gasteiger charge is 2.20. The molecule has 66 valence electrons. The molecule has 0 saturated carbocycles. The Morgan fingerprint density at radius 1 is 1.08 bits per heavy atom. The number of benzene rings is 1. The van der Waals surface area contributed by atoms with Crippen molar-refractivity contribution in [1.29, 1.82) is 0 Å². The molecule has 13 heavy (non-hydrogen) atoms. The minimum Gasteiger partial charge on any atom is -0.0766 e. The fraction of sp³-hybridized carbons (Fsp3) is 0.385. The summed E-state index contributed by atoms with van der Waals surface area (Å²) in [5.41, 5.74) is 7.92. The molecule has 0 fully saturated rings. The van der Waals surface area contributed by atoms with Crippen molar-refractivity contribution < 1.29 is 0 Å². The molecule has 0 saturated heterocycles. The van der Waals surface area contributed by atoms with E-state index in [0.717, 1.165) is 6.42 Å². The highest BCUT2D eigenvalue weighted by molar-refractivity contribution is 5.75. The molecule has 0 N–H and O–H groups in total. The molecule has 0 radical (unpaired) electrons. The van der Waals surface area contributed by atoms with E-state index >= 15 is 0 Å². The van der Waals surface area contributed by atoms with Crippen LogP contribution < -0.4 is 0 Å². The second kappa shape index (κ2) is 2.47. The van der Waals surface area contributed by atoms with Gasteiger partial charge in [0.15, 0.2) is 0 Å². The van der Waals surface area contributed by atoms with E-state index in [9.17, 15) is 0 Å². The Morgan fingerprint density at radius 2 is 1.92 bits per heavy atom. The van der Waals surface area contributed by atoms with Crippen LogP contribution in [0.4, 0.5) is 0 Å². The highest BCUT2D eigenvalue weighted by Crippen LogP contribution is 2.36. The Hall–Kier alpha value is -1.04. The second-order valence-electron chi connectivity index (χ2n) is 4.18. The van der Waals surface area contributed by atoms with Crippen LogP contribution in [0.5, 0.6) is 0 Å². The maximum absolute atomic E-state index is 2.36. The highest BCUT2D eigenvalue weighted by atomic mass is 14.2. The van der Waals surface area contributed by atoms with Crippen molar-refractivity contribution in [3.05, 3.63) is 40.5 Å². The summed E-state index contributed by atoms with van der Waals surface area (Å²) >= 11 is 0. The predicted molar refractivity (Wildman–Crippen MR) is 55.8 cm³/mol. The first-order valence-corrected chi connectivity index (χ1v) is 5.17. The summed E-state index contributed by atoms with van der Waals surface area (Å²) in [5.74, 6) is 0. The van der Waals surface area contributed by atoms with Crippen LogP contribution in [0.1, 0.15) is 35.6 Å². The average Bonchev–Trinajstić information content (AvgIpc) is 2.70. The summed E-state index contributed by atoms with van der Waals surface area (Å²) in [6.07, 6.45) is 7.50. The van der Waals surface area contributed by atoms with Gasteiger partial charge in [-0.05, 0) is 60.4 Å². The molecule has 1 aromatic rings. The van der Waals surface area contributed by atoms with Crippen molar-refractivity contribution in [1.82, 2.24) is 0 Å². The molecule has 0 unspecified atom stereocenters. The first-order chi connectivity index (χ1) is 6.36. The molecule has 0 aromatic heterocycles. The van der Waals surface area contributed by atoms with E-state index in [4.69, 9.17) is 0 Å². The Labute approximate surface area is 79.3 Å². The summed E-state index contributed by atoms with van der Waals surface area (Å²) in [5, 5.41) is 0. The van der Waals surface area contributed by atoms with Gasteiger partial charge >= 0.3 is 0 Å². The number of aryl methyl sites for hydroxylation is 1. The topological polar surface area (TPSA) is 0 Å². The zero-order chi connectivity index (χ0) is 8.84. The summed E-state index contributed by atoms with van der Waals surface area (Å²) in [6.45, 7) is 2.25. The minimum atomic E-state index is 1.16. The third-order valence-electron chi connectivity index (χ3n) is 3.39. The maximum atomic E-state index is 2.36. The lowest BCUT2D eigenvalue weighted by molar-refractivity contribution is 0.911. The van der Waals surface area contributed by atoms with Gasteiger partial charge in [-0.2, -0.15) is 0 Å². The Balaban J connectivity index is 2.29. The quantitative estimate of drug-likeness (QED) is 0.561. The maximum Gasteiger partial charge on any atom is -0.00854 e. The van der Waals surface area contributed by atoms with Crippen LogP contribution in [0.2, 0.25) is 0 Å². The van der Waals surface area contributed by atoms with Crippen LogP contribution in [-0.4, -0.2) is 0 Å². The van der Waals surface area contributed by atoms with Gasteiger partial charge in [-0.3, -0.25) is 0 Å². The number of hydrogen-bond donors (Lipinski definition) is 0. The SMILES string of the molecule is CC1=CCc2ccc3c(c21)CCC3. The summed E-state index contributed by atoms with van der Waals surface area (Å²) in [4.78, 5) is 0. The Morgan fingerprint density at radius 3 is 2.85 bits per heavy atom. The second-order valence-corrected chi connectivity index (χ2v) is 4.18. The van der Waals surface area contributed by atoms with Gasteiger partial charge < -0.3 is 0 Å². The molecule has 1 aromatic carbocycles. The first kappa shape index (κ1) is 7.37. The van der Waals surface area contributed by atoms with Gasteiger partial charge in [-0.1, -0.05) is 18.2 Å². The van der Waals surface area contributed by atoms with E-state index in [1.54, 1.807) is 22.3 Å².